The van der Waals surface area contributed by atoms with Gasteiger partial charge in [0.05, 0.1) is 0 Å². The lowest BCUT2D eigenvalue weighted by Crippen LogP contribution is -2.40. The lowest BCUT2D eigenvalue weighted by Gasteiger charge is -2.31. The van der Waals surface area contributed by atoms with Crippen molar-refractivity contribution < 1.29 is 4.79 Å². The van der Waals surface area contributed by atoms with Gasteiger partial charge in [-0.15, -0.1) is 0 Å². The van der Waals surface area contributed by atoms with Crippen molar-refractivity contribution >= 4 is 5.78 Å². The Kier molecular flexibility index (Phi) is 6.23. The van der Waals surface area contributed by atoms with Crippen molar-refractivity contribution in [3.63, 3.8) is 0 Å². The maximum Gasteiger partial charge on any atom is 0.169 e. The monoisotopic (exact) mass is 261 g/mol. The lowest BCUT2D eigenvalue weighted by atomic mass is 9.83. The molecule has 0 bridgehead atoms. The zero-order chi connectivity index (χ0) is 14.3. The van der Waals surface area contributed by atoms with Crippen LogP contribution in [0.25, 0.3) is 0 Å². The molecule has 0 N–H and O–H groups in total. The fraction of sp³-hybridized carbons (Fsp3) is 0.588. The zero-order valence-electron chi connectivity index (χ0n) is 12.8. The summed E-state index contributed by atoms with van der Waals surface area (Å²) in [7, 11) is 0. The summed E-state index contributed by atoms with van der Waals surface area (Å²) in [5.41, 5.74) is 0.492. The standard InChI is InChI=1S/C17H27NO/c1-5-12-18(13-6-2)14-17(3,4)16(19)15-10-8-7-9-11-15/h7-11H,5-6,12-14H2,1-4H3. The molecule has 1 rings (SSSR count). The third kappa shape index (κ3) is 4.79. The summed E-state index contributed by atoms with van der Waals surface area (Å²) in [6, 6.07) is 9.63. The molecule has 2 heteroatoms. The molecule has 0 radical (unpaired) electrons. The molecule has 2 nitrogen and oxygen atoms in total. The van der Waals surface area contributed by atoms with Crippen LogP contribution in [-0.2, 0) is 0 Å². The van der Waals surface area contributed by atoms with Crippen LogP contribution in [0.2, 0.25) is 0 Å². The summed E-state index contributed by atoms with van der Waals surface area (Å²) in [6.45, 7) is 11.5. The Bertz CT molecular complexity index is 378. The second kappa shape index (κ2) is 7.44. The van der Waals surface area contributed by atoms with Crippen molar-refractivity contribution in [2.45, 2.75) is 40.5 Å². The zero-order valence-corrected chi connectivity index (χ0v) is 12.8. The second-order valence-electron chi connectivity index (χ2n) is 5.86. The van der Waals surface area contributed by atoms with Crippen molar-refractivity contribution in [2.75, 3.05) is 19.6 Å². The van der Waals surface area contributed by atoms with Gasteiger partial charge in [-0.1, -0.05) is 58.0 Å². The van der Waals surface area contributed by atoms with Crippen molar-refractivity contribution in [2.24, 2.45) is 5.41 Å². The number of nitrogens with zero attached hydrogens (tertiary/aromatic N) is 1. The maximum atomic E-state index is 12.6. The molecule has 1 aromatic rings. The van der Waals surface area contributed by atoms with E-state index in [4.69, 9.17) is 0 Å². The van der Waals surface area contributed by atoms with Gasteiger partial charge in [-0.05, 0) is 25.9 Å². The lowest BCUT2D eigenvalue weighted by molar-refractivity contribution is 0.0763. The van der Waals surface area contributed by atoms with Crippen LogP contribution >= 0.6 is 0 Å². The molecule has 0 aliphatic heterocycles. The van der Waals surface area contributed by atoms with Crippen LogP contribution in [0.3, 0.4) is 0 Å². The summed E-state index contributed by atoms with van der Waals surface area (Å²) < 4.78 is 0. The van der Waals surface area contributed by atoms with Crippen LogP contribution < -0.4 is 0 Å². The van der Waals surface area contributed by atoms with Crippen LogP contribution in [-0.4, -0.2) is 30.3 Å². The first kappa shape index (κ1) is 15.9. The Balaban J connectivity index is 2.76. The van der Waals surface area contributed by atoms with Gasteiger partial charge in [0.1, 0.15) is 0 Å². The number of hydrogen-bond donors (Lipinski definition) is 0. The van der Waals surface area contributed by atoms with Gasteiger partial charge >= 0.3 is 0 Å². The molecule has 0 heterocycles. The molecule has 0 fully saturated rings. The van der Waals surface area contributed by atoms with Gasteiger partial charge in [0.25, 0.3) is 0 Å². The third-order valence-corrected chi connectivity index (χ3v) is 3.35. The van der Waals surface area contributed by atoms with Gasteiger partial charge in [0.15, 0.2) is 5.78 Å². The van der Waals surface area contributed by atoms with Crippen molar-refractivity contribution in [3.05, 3.63) is 35.9 Å². The van der Waals surface area contributed by atoms with Gasteiger partial charge < -0.3 is 4.90 Å². The van der Waals surface area contributed by atoms with Crippen LogP contribution in [0, 0.1) is 5.41 Å². The Morgan fingerprint density at radius 3 is 2.05 bits per heavy atom. The fourth-order valence-corrected chi connectivity index (χ4v) is 2.51. The van der Waals surface area contributed by atoms with Crippen molar-refractivity contribution in [3.8, 4) is 0 Å². The molecular formula is C17H27NO. The first-order valence-electron chi connectivity index (χ1n) is 7.33. The van der Waals surface area contributed by atoms with Gasteiger partial charge in [-0.3, -0.25) is 4.79 Å². The van der Waals surface area contributed by atoms with Crippen LogP contribution in [0.1, 0.15) is 50.9 Å². The number of Topliss-reactive ketones (excluding diaryl/α,β-unsaturated/α-hetero) is 1. The minimum atomic E-state index is -0.328. The highest BCUT2D eigenvalue weighted by atomic mass is 16.1. The van der Waals surface area contributed by atoms with Crippen LogP contribution in [0.15, 0.2) is 30.3 Å². The molecule has 1 aromatic carbocycles. The van der Waals surface area contributed by atoms with E-state index in [9.17, 15) is 4.79 Å². The first-order chi connectivity index (χ1) is 9.01. The van der Waals surface area contributed by atoms with E-state index in [1.54, 1.807) is 0 Å². The van der Waals surface area contributed by atoms with Crippen LogP contribution in [0.5, 0.6) is 0 Å². The number of hydrogen-bond acceptors (Lipinski definition) is 2. The van der Waals surface area contributed by atoms with Gasteiger partial charge in [0.2, 0.25) is 0 Å². The van der Waals surface area contributed by atoms with E-state index in [1.807, 2.05) is 30.3 Å². The van der Waals surface area contributed by atoms with E-state index >= 15 is 0 Å². The van der Waals surface area contributed by atoms with Gasteiger partial charge in [-0.2, -0.15) is 0 Å². The quantitative estimate of drug-likeness (QED) is 0.659. The topological polar surface area (TPSA) is 20.3 Å². The highest BCUT2D eigenvalue weighted by molar-refractivity contribution is 6.00. The molecule has 0 saturated carbocycles. The maximum absolute atomic E-state index is 12.6. The number of benzene rings is 1. The molecule has 0 spiro atoms. The Labute approximate surface area is 117 Å². The van der Waals surface area contributed by atoms with Crippen LogP contribution in [0.4, 0.5) is 0 Å². The Hall–Kier alpha value is -1.15. The second-order valence-corrected chi connectivity index (χ2v) is 5.86. The SMILES string of the molecule is CCCN(CCC)CC(C)(C)C(=O)c1ccccc1. The average Bonchev–Trinajstić information content (AvgIpc) is 2.39. The molecule has 0 unspecified atom stereocenters. The van der Waals surface area contributed by atoms with E-state index < -0.39 is 0 Å². The molecule has 106 valence electrons. The summed E-state index contributed by atoms with van der Waals surface area (Å²) in [5.74, 6) is 0.241. The minimum Gasteiger partial charge on any atom is -0.302 e. The van der Waals surface area contributed by atoms with E-state index in [-0.39, 0.29) is 11.2 Å². The third-order valence-electron chi connectivity index (χ3n) is 3.35. The molecule has 0 aliphatic rings. The molecule has 0 aliphatic carbocycles. The van der Waals surface area contributed by atoms with Gasteiger partial charge in [0, 0.05) is 17.5 Å². The van der Waals surface area contributed by atoms with Gasteiger partial charge in [-0.25, -0.2) is 0 Å². The minimum absolute atomic E-state index is 0.241. The number of carbonyl (C=O) groups excluding carboxylic acids is 1. The summed E-state index contributed by atoms with van der Waals surface area (Å²) >= 11 is 0. The van der Waals surface area contributed by atoms with E-state index in [1.165, 1.54) is 0 Å². The highest BCUT2D eigenvalue weighted by Gasteiger charge is 2.30. The fourth-order valence-electron chi connectivity index (χ4n) is 2.51. The molecule has 0 atom stereocenters. The molecule has 0 saturated heterocycles. The molecule has 19 heavy (non-hydrogen) atoms. The highest BCUT2D eigenvalue weighted by Crippen LogP contribution is 2.23. The Morgan fingerprint density at radius 1 is 1.05 bits per heavy atom. The van der Waals surface area contributed by atoms with E-state index in [0.29, 0.717) is 0 Å². The number of rotatable bonds is 8. The average molecular weight is 261 g/mol. The van der Waals surface area contributed by atoms with Crippen molar-refractivity contribution in [1.29, 1.82) is 0 Å². The smallest absolute Gasteiger partial charge is 0.169 e. The summed E-state index contributed by atoms with van der Waals surface area (Å²) in [5, 5.41) is 0. The van der Waals surface area contributed by atoms with E-state index in [2.05, 4.69) is 32.6 Å². The summed E-state index contributed by atoms with van der Waals surface area (Å²) in [4.78, 5) is 15.0. The Morgan fingerprint density at radius 2 is 1.58 bits per heavy atom. The molecule has 0 aromatic heterocycles. The summed E-state index contributed by atoms with van der Waals surface area (Å²) in [6.07, 6.45) is 2.27. The molecule has 0 amide bonds. The predicted molar refractivity (Wildman–Crippen MR) is 81.6 cm³/mol. The number of ketones is 1. The van der Waals surface area contributed by atoms with E-state index in [0.717, 1.165) is 38.0 Å². The van der Waals surface area contributed by atoms with Crippen molar-refractivity contribution in [1.82, 2.24) is 4.90 Å². The predicted octanol–water partition coefficient (Wildman–Crippen LogP) is 4.02. The first-order valence-corrected chi connectivity index (χ1v) is 7.33. The number of carbonyl (C=O) groups is 1. The largest absolute Gasteiger partial charge is 0.302 e. The molecular weight excluding hydrogens is 234 g/mol. The normalized spacial score (nSPS) is 11.8.